The summed E-state index contributed by atoms with van der Waals surface area (Å²) in [4.78, 5) is 25.0. The van der Waals surface area contributed by atoms with Crippen molar-refractivity contribution in [2.75, 3.05) is 19.8 Å². The number of ether oxygens (including phenoxy) is 3. The first kappa shape index (κ1) is 73.4. The molecule has 0 aliphatic carbocycles. The number of aliphatic hydroxyl groups is 5. The number of esters is 1. The predicted octanol–water partition coefficient (Wildman–Crippen LogP) is 15.8. The number of carbonyl (C=O) groups is 2. The number of amides is 1. The lowest BCUT2D eigenvalue weighted by Gasteiger charge is -2.40. The van der Waals surface area contributed by atoms with Crippen LogP contribution in [0.2, 0.25) is 0 Å². The summed E-state index contributed by atoms with van der Waals surface area (Å²) in [7, 11) is 0. The van der Waals surface area contributed by atoms with Crippen molar-refractivity contribution in [3.63, 3.8) is 0 Å². The smallest absolute Gasteiger partial charge is 0.305 e. The van der Waals surface area contributed by atoms with Crippen LogP contribution in [-0.2, 0) is 23.8 Å². The second kappa shape index (κ2) is 56.2. The molecule has 1 heterocycles. The summed E-state index contributed by atoms with van der Waals surface area (Å²) < 4.78 is 16.7. The van der Waals surface area contributed by atoms with Gasteiger partial charge in [-0.25, -0.2) is 0 Å². The molecule has 1 rings (SSSR count). The highest BCUT2D eigenvalue weighted by molar-refractivity contribution is 5.76. The normalized spacial score (nSPS) is 18.9. The predicted molar refractivity (Wildman–Crippen MR) is 324 cm³/mol. The van der Waals surface area contributed by atoms with E-state index in [0.29, 0.717) is 19.4 Å². The summed E-state index contributed by atoms with van der Waals surface area (Å²) >= 11 is 0. The van der Waals surface area contributed by atoms with Gasteiger partial charge < -0.3 is 45.1 Å². The fourth-order valence-electron chi connectivity index (χ4n) is 9.89. The molecule has 0 spiro atoms. The van der Waals surface area contributed by atoms with E-state index in [-0.39, 0.29) is 18.5 Å². The van der Waals surface area contributed by atoms with E-state index < -0.39 is 49.5 Å². The number of nitrogens with one attached hydrogen (secondary N) is 1. The number of allylic oxidation sites excluding steroid dienone is 9. The molecule has 454 valence electrons. The van der Waals surface area contributed by atoms with Gasteiger partial charge in [0.2, 0.25) is 5.91 Å². The Morgan fingerprint density at radius 1 is 0.474 bits per heavy atom. The van der Waals surface area contributed by atoms with Crippen molar-refractivity contribution in [1.29, 1.82) is 0 Å². The standard InChI is InChI=1S/C67H121NO10/c1-3-5-7-9-11-13-14-31-35-39-43-47-51-55-63(72)76-56-52-48-44-40-36-33-30-28-26-24-22-20-18-16-15-17-19-21-23-25-27-29-32-34-38-42-46-50-54-62(71)68-59(60(70)53-49-45-41-37-12-10-8-6-4-2)58-77-67-66(75)65(74)64(73)61(57-69)78-67/h7,9,12-16,37,49,53,59-61,64-67,69-70,73-75H,3-6,8,10-11,17-36,38-48,50-52,54-58H2,1-2H3,(H,68,71)/b9-7-,14-13-,16-15-,37-12+,53-49+. The fourth-order valence-corrected chi connectivity index (χ4v) is 9.89. The summed E-state index contributed by atoms with van der Waals surface area (Å²) in [5.41, 5.74) is 0. The van der Waals surface area contributed by atoms with Gasteiger partial charge in [0.1, 0.15) is 24.4 Å². The van der Waals surface area contributed by atoms with Crippen LogP contribution in [0.15, 0.2) is 60.8 Å². The maximum atomic E-state index is 13.0. The molecule has 1 saturated heterocycles. The van der Waals surface area contributed by atoms with Crippen molar-refractivity contribution in [2.24, 2.45) is 0 Å². The number of unbranched alkanes of at least 4 members (excludes halogenated alkanes) is 34. The summed E-state index contributed by atoms with van der Waals surface area (Å²) in [6.45, 7) is 4.21. The highest BCUT2D eigenvalue weighted by atomic mass is 16.7. The van der Waals surface area contributed by atoms with E-state index in [1.165, 1.54) is 199 Å². The maximum absolute atomic E-state index is 13.0. The van der Waals surface area contributed by atoms with E-state index >= 15 is 0 Å². The molecular formula is C67H121NO10. The Kier molecular flexibility index (Phi) is 52.9. The van der Waals surface area contributed by atoms with Crippen LogP contribution in [0.5, 0.6) is 0 Å². The molecular weight excluding hydrogens is 979 g/mol. The van der Waals surface area contributed by atoms with Crippen molar-refractivity contribution in [3.8, 4) is 0 Å². The minimum atomic E-state index is -1.58. The van der Waals surface area contributed by atoms with Gasteiger partial charge in [-0.1, -0.05) is 242 Å². The third-order valence-corrected chi connectivity index (χ3v) is 15.1. The quantitative estimate of drug-likeness (QED) is 0.0195. The SMILES string of the molecule is CCC/C=C\C/C=C\CCCCCCCC(=O)OCCCCCCCCCCCCCC/C=C\CCCCCCCCCCCCCCC(=O)NC(COC1OC(CO)C(O)C(O)C1O)C(O)/C=C/CC/C=C/CCCCC. The van der Waals surface area contributed by atoms with Gasteiger partial charge in [0.15, 0.2) is 6.29 Å². The molecule has 11 nitrogen and oxygen atoms in total. The molecule has 0 bridgehead atoms. The fraction of sp³-hybridized carbons (Fsp3) is 0.821. The lowest BCUT2D eigenvalue weighted by atomic mass is 9.99. The Bertz CT molecular complexity index is 1480. The zero-order valence-corrected chi connectivity index (χ0v) is 50.1. The Morgan fingerprint density at radius 2 is 0.897 bits per heavy atom. The zero-order chi connectivity index (χ0) is 56.6. The second-order valence-electron chi connectivity index (χ2n) is 22.4. The topological polar surface area (TPSA) is 175 Å². The van der Waals surface area contributed by atoms with E-state index in [9.17, 15) is 35.1 Å². The lowest BCUT2D eigenvalue weighted by Crippen LogP contribution is -2.60. The Morgan fingerprint density at radius 3 is 1.40 bits per heavy atom. The van der Waals surface area contributed by atoms with Gasteiger partial charge in [0, 0.05) is 12.8 Å². The van der Waals surface area contributed by atoms with Gasteiger partial charge in [0.25, 0.3) is 0 Å². The molecule has 78 heavy (non-hydrogen) atoms. The molecule has 1 amide bonds. The van der Waals surface area contributed by atoms with E-state index in [1.54, 1.807) is 6.08 Å². The first-order valence-corrected chi connectivity index (χ1v) is 32.6. The highest BCUT2D eigenvalue weighted by Gasteiger charge is 2.44. The van der Waals surface area contributed by atoms with Gasteiger partial charge in [0.05, 0.1) is 32.0 Å². The van der Waals surface area contributed by atoms with Crippen LogP contribution < -0.4 is 5.32 Å². The Balaban J connectivity index is 1.95. The molecule has 6 N–H and O–H groups in total. The summed E-state index contributed by atoms with van der Waals surface area (Å²) in [5, 5.41) is 54.2. The minimum Gasteiger partial charge on any atom is -0.466 e. The molecule has 0 radical (unpaired) electrons. The molecule has 0 aromatic carbocycles. The number of hydrogen-bond acceptors (Lipinski definition) is 10. The van der Waals surface area contributed by atoms with Crippen LogP contribution in [-0.4, -0.2) is 100 Å². The van der Waals surface area contributed by atoms with Crippen LogP contribution in [0, 0.1) is 0 Å². The molecule has 7 atom stereocenters. The zero-order valence-electron chi connectivity index (χ0n) is 50.1. The third kappa shape index (κ3) is 45.0. The van der Waals surface area contributed by atoms with Crippen LogP contribution in [0.25, 0.3) is 0 Å². The molecule has 1 aliphatic heterocycles. The van der Waals surface area contributed by atoms with E-state index in [1.807, 2.05) is 6.08 Å². The average molecular weight is 1100 g/mol. The summed E-state index contributed by atoms with van der Waals surface area (Å²) in [5.74, 6) is -0.204. The van der Waals surface area contributed by atoms with Crippen LogP contribution in [0.1, 0.15) is 290 Å². The number of carbonyl (C=O) groups excluding carboxylic acids is 2. The first-order chi connectivity index (χ1) is 38.2. The number of rotatable bonds is 56. The molecule has 1 fully saturated rings. The molecule has 11 heteroatoms. The van der Waals surface area contributed by atoms with Gasteiger partial charge in [-0.15, -0.1) is 0 Å². The van der Waals surface area contributed by atoms with Crippen molar-refractivity contribution >= 4 is 11.9 Å². The van der Waals surface area contributed by atoms with Crippen molar-refractivity contribution in [3.05, 3.63) is 60.8 Å². The molecule has 1 aliphatic rings. The van der Waals surface area contributed by atoms with Gasteiger partial charge >= 0.3 is 5.97 Å². The second-order valence-corrected chi connectivity index (χ2v) is 22.4. The number of aliphatic hydroxyl groups excluding tert-OH is 5. The number of hydrogen-bond donors (Lipinski definition) is 6. The summed E-state index contributed by atoms with van der Waals surface area (Å²) in [6.07, 6.45) is 63.6. The largest absolute Gasteiger partial charge is 0.466 e. The van der Waals surface area contributed by atoms with Gasteiger partial charge in [-0.2, -0.15) is 0 Å². The molecule has 0 aromatic rings. The van der Waals surface area contributed by atoms with Crippen molar-refractivity contribution in [2.45, 2.75) is 333 Å². The molecule has 7 unspecified atom stereocenters. The van der Waals surface area contributed by atoms with Gasteiger partial charge in [-0.05, 0) is 96.3 Å². The average Bonchev–Trinajstić information content (AvgIpc) is 3.45. The van der Waals surface area contributed by atoms with Crippen molar-refractivity contribution in [1.82, 2.24) is 5.32 Å². The van der Waals surface area contributed by atoms with Crippen molar-refractivity contribution < 1.29 is 49.3 Å². The third-order valence-electron chi connectivity index (χ3n) is 15.1. The Labute approximate surface area is 478 Å². The van der Waals surface area contributed by atoms with E-state index in [0.717, 1.165) is 64.2 Å². The highest BCUT2D eigenvalue weighted by Crippen LogP contribution is 2.23. The molecule has 0 aromatic heterocycles. The first-order valence-electron chi connectivity index (χ1n) is 32.6. The van der Waals surface area contributed by atoms with E-state index in [4.69, 9.17) is 14.2 Å². The Hall–Kier alpha value is -2.64. The van der Waals surface area contributed by atoms with Gasteiger partial charge in [-0.3, -0.25) is 9.59 Å². The minimum absolute atomic E-state index is 0.00963. The van der Waals surface area contributed by atoms with E-state index in [2.05, 4.69) is 67.8 Å². The molecule has 0 saturated carbocycles. The monoisotopic (exact) mass is 1100 g/mol. The van der Waals surface area contributed by atoms with Crippen LogP contribution in [0.3, 0.4) is 0 Å². The summed E-state index contributed by atoms with van der Waals surface area (Å²) in [6, 6.07) is -0.827. The lowest BCUT2D eigenvalue weighted by molar-refractivity contribution is -0.302. The van der Waals surface area contributed by atoms with Crippen LogP contribution >= 0.6 is 0 Å². The van der Waals surface area contributed by atoms with Crippen LogP contribution in [0.4, 0.5) is 0 Å². The maximum Gasteiger partial charge on any atom is 0.305 e.